The summed E-state index contributed by atoms with van der Waals surface area (Å²) >= 11 is 5.95. The van der Waals surface area contributed by atoms with E-state index in [1.165, 1.54) is 0 Å². The lowest BCUT2D eigenvalue weighted by molar-refractivity contribution is -0.119. The van der Waals surface area contributed by atoms with E-state index in [9.17, 15) is 4.79 Å². The van der Waals surface area contributed by atoms with Gasteiger partial charge in [-0.25, -0.2) is 0 Å². The van der Waals surface area contributed by atoms with Gasteiger partial charge in [-0.05, 0) is 48.0 Å². The highest BCUT2D eigenvalue weighted by Crippen LogP contribution is 2.30. The first kappa shape index (κ1) is 15.9. The number of aliphatic imine (C=N–C) groups is 1. The third kappa shape index (κ3) is 4.49. The predicted octanol–water partition coefficient (Wildman–Crippen LogP) is 2.96. The van der Waals surface area contributed by atoms with Crippen LogP contribution in [0.4, 0.5) is 5.69 Å². The number of carbonyl (C=O) groups excluding carboxylic acids is 1. The topological polar surface area (TPSA) is 73.9 Å². The van der Waals surface area contributed by atoms with Gasteiger partial charge in [0, 0.05) is 11.2 Å². The van der Waals surface area contributed by atoms with Crippen molar-refractivity contribution in [1.29, 1.82) is 0 Å². The fourth-order valence-electron chi connectivity index (χ4n) is 1.71. The zero-order chi connectivity index (χ0) is 15.9. The Morgan fingerprint density at radius 1 is 1.27 bits per heavy atom. The number of hydrogen-bond donors (Lipinski definition) is 1. The van der Waals surface area contributed by atoms with Gasteiger partial charge in [-0.1, -0.05) is 11.6 Å². The zero-order valence-electron chi connectivity index (χ0n) is 12.0. The first-order chi connectivity index (χ1) is 10.6. The standard InChI is InChI=1S/C16H15ClN2O3/c1-21-15-7-4-12(17)8-14(15)19-9-11-2-5-13(6-3-11)22-10-16(18)20/h2-9H,10H2,1H3,(H2,18,20). The average Bonchev–Trinajstić information content (AvgIpc) is 2.52. The molecular formula is C16H15ClN2O3. The Balaban J connectivity index is 2.10. The lowest BCUT2D eigenvalue weighted by Gasteiger charge is -2.05. The molecule has 114 valence electrons. The molecule has 0 aromatic heterocycles. The lowest BCUT2D eigenvalue weighted by atomic mass is 10.2. The van der Waals surface area contributed by atoms with Crippen molar-refractivity contribution in [2.45, 2.75) is 0 Å². The van der Waals surface area contributed by atoms with Crippen LogP contribution in [0.15, 0.2) is 47.5 Å². The highest BCUT2D eigenvalue weighted by Gasteiger charge is 2.02. The number of ether oxygens (including phenoxy) is 2. The molecule has 2 aromatic rings. The predicted molar refractivity (Wildman–Crippen MR) is 86.4 cm³/mol. The molecule has 2 N–H and O–H groups in total. The van der Waals surface area contributed by atoms with E-state index in [2.05, 4.69) is 4.99 Å². The van der Waals surface area contributed by atoms with Crippen LogP contribution in [-0.2, 0) is 4.79 Å². The smallest absolute Gasteiger partial charge is 0.255 e. The number of primary amides is 1. The van der Waals surface area contributed by atoms with E-state index in [1.54, 1.807) is 43.7 Å². The molecule has 1 amide bonds. The Hall–Kier alpha value is -2.53. The third-order valence-electron chi connectivity index (χ3n) is 2.75. The number of nitrogens with two attached hydrogens (primary N) is 1. The van der Waals surface area contributed by atoms with Gasteiger partial charge in [0.2, 0.25) is 0 Å². The fraction of sp³-hybridized carbons (Fsp3) is 0.125. The zero-order valence-corrected chi connectivity index (χ0v) is 12.7. The van der Waals surface area contributed by atoms with Crippen LogP contribution >= 0.6 is 11.6 Å². The van der Waals surface area contributed by atoms with Crippen LogP contribution in [0.3, 0.4) is 0 Å². The summed E-state index contributed by atoms with van der Waals surface area (Å²) in [5.41, 5.74) is 6.53. The van der Waals surface area contributed by atoms with Crippen molar-refractivity contribution in [1.82, 2.24) is 0 Å². The molecule has 2 aromatic carbocycles. The van der Waals surface area contributed by atoms with Crippen molar-refractivity contribution >= 4 is 29.4 Å². The molecule has 22 heavy (non-hydrogen) atoms. The van der Waals surface area contributed by atoms with E-state index >= 15 is 0 Å². The molecule has 0 atom stereocenters. The second-order valence-corrected chi connectivity index (χ2v) is 4.83. The van der Waals surface area contributed by atoms with E-state index in [1.807, 2.05) is 12.1 Å². The largest absolute Gasteiger partial charge is 0.494 e. The van der Waals surface area contributed by atoms with Gasteiger partial charge in [0.05, 0.1) is 7.11 Å². The number of hydrogen-bond acceptors (Lipinski definition) is 4. The molecule has 0 saturated carbocycles. The van der Waals surface area contributed by atoms with E-state index in [4.69, 9.17) is 26.8 Å². The van der Waals surface area contributed by atoms with Crippen molar-refractivity contribution in [3.8, 4) is 11.5 Å². The van der Waals surface area contributed by atoms with E-state index in [0.29, 0.717) is 22.2 Å². The Bertz CT molecular complexity index is 684. The third-order valence-corrected chi connectivity index (χ3v) is 2.99. The molecule has 0 unspecified atom stereocenters. The van der Waals surface area contributed by atoms with Gasteiger partial charge >= 0.3 is 0 Å². The van der Waals surface area contributed by atoms with Crippen molar-refractivity contribution in [3.05, 3.63) is 53.1 Å². The summed E-state index contributed by atoms with van der Waals surface area (Å²) in [6.07, 6.45) is 1.69. The van der Waals surface area contributed by atoms with E-state index < -0.39 is 5.91 Å². The molecule has 0 aliphatic heterocycles. The first-order valence-corrected chi connectivity index (χ1v) is 6.85. The van der Waals surface area contributed by atoms with Crippen LogP contribution in [0.5, 0.6) is 11.5 Å². The van der Waals surface area contributed by atoms with Gasteiger partial charge in [0.15, 0.2) is 6.61 Å². The van der Waals surface area contributed by atoms with Crippen LogP contribution in [0.25, 0.3) is 0 Å². The minimum Gasteiger partial charge on any atom is -0.494 e. The number of carbonyl (C=O) groups is 1. The highest BCUT2D eigenvalue weighted by molar-refractivity contribution is 6.30. The lowest BCUT2D eigenvalue weighted by Crippen LogP contribution is -2.19. The quantitative estimate of drug-likeness (QED) is 0.832. The van der Waals surface area contributed by atoms with Crippen molar-refractivity contribution in [3.63, 3.8) is 0 Å². The van der Waals surface area contributed by atoms with Crippen LogP contribution < -0.4 is 15.2 Å². The maximum absolute atomic E-state index is 10.6. The Morgan fingerprint density at radius 2 is 2.00 bits per heavy atom. The molecule has 0 aliphatic rings. The van der Waals surface area contributed by atoms with Crippen molar-refractivity contribution < 1.29 is 14.3 Å². The van der Waals surface area contributed by atoms with Gasteiger partial charge in [-0.15, -0.1) is 0 Å². The molecule has 0 heterocycles. The molecular weight excluding hydrogens is 304 g/mol. The number of methoxy groups -OCH3 is 1. The summed E-state index contributed by atoms with van der Waals surface area (Å²) < 4.78 is 10.4. The number of rotatable bonds is 6. The van der Waals surface area contributed by atoms with Crippen molar-refractivity contribution in [2.24, 2.45) is 10.7 Å². The first-order valence-electron chi connectivity index (χ1n) is 6.47. The van der Waals surface area contributed by atoms with Gasteiger partial charge in [-0.3, -0.25) is 9.79 Å². The molecule has 0 radical (unpaired) electrons. The molecule has 0 spiro atoms. The average molecular weight is 319 g/mol. The van der Waals surface area contributed by atoms with Gasteiger partial charge in [-0.2, -0.15) is 0 Å². The maximum Gasteiger partial charge on any atom is 0.255 e. The van der Waals surface area contributed by atoms with Gasteiger partial charge < -0.3 is 15.2 Å². The minimum atomic E-state index is -0.515. The summed E-state index contributed by atoms with van der Waals surface area (Å²) in [7, 11) is 1.58. The number of amides is 1. The number of halogens is 1. The second kappa shape index (κ2) is 7.47. The molecule has 0 bridgehead atoms. The minimum absolute atomic E-state index is 0.146. The number of nitrogens with zero attached hydrogens (tertiary/aromatic N) is 1. The van der Waals surface area contributed by atoms with Crippen LogP contribution in [-0.4, -0.2) is 25.8 Å². The number of benzene rings is 2. The van der Waals surface area contributed by atoms with Crippen LogP contribution in [0.1, 0.15) is 5.56 Å². The molecule has 2 rings (SSSR count). The molecule has 0 saturated heterocycles. The Kier molecular flexibility index (Phi) is 5.38. The van der Waals surface area contributed by atoms with Crippen molar-refractivity contribution in [2.75, 3.05) is 13.7 Å². The van der Waals surface area contributed by atoms with Gasteiger partial charge in [0.1, 0.15) is 17.2 Å². The SMILES string of the molecule is COc1ccc(Cl)cc1N=Cc1ccc(OCC(N)=O)cc1. The Morgan fingerprint density at radius 3 is 2.64 bits per heavy atom. The summed E-state index contributed by atoms with van der Waals surface area (Å²) in [5, 5.41) is 0.586. The molecule has 0 aliphatic carbocycles. The highest BCUT2D eigenvalue weighted by atomic mass is 35.5. The normalized spacial score (nSPS) is 10.6. The van der Waals surface area contributed by atoms with Gasteiger partial charge in [0.25, 0.3) is 5.91 Å². The summed E-state index contributed by atoms with van der Waals surface area (Å²) in [4.78, 5) is 15.0. The summed E-state index contributed by atoms with van der Waals surface area (Å²) in [6, 6.07) is 12.3. The van der Waals surface area contributed by atoms with E-state index in [-0.39, 0.29) is 6.61 Å². The van der Waals surface area contributed by atoms with Crippen LogP contribution in [0, 0.1) is 0 Å². The fourth-order valence-corrected chi connectivity index (χ4v) is 1.88. The molecule has 0 fully saturated rings. The second-order valence-electron chi connectivity index (χ2n) is 4.40. The Labute approximate surface area is 133 Å². The molecule has 5 nitrogen and oxygen atoms in total. The maximum atomic E-state index is 10.6. The van der Waals surface area contributed by atoms with Crippen LogP contribution in [0.2, 0.25) is 5.02 Å². The van der Waals surface area contributed by atoms with E-state index in [0.717, 1.165) is 5.56 Å². The summed E-state index contributed by atoms with van der Waals surface area (Å²) in [5.74, 6) is 0.692. The summed E-state index contributed by atoms with van der Waals surface area (Å²) in [6.45, 7) is -0.146. The monoisotopic (exact) mass is 318 g/mol. The molecule has 6 heteroatoms.